The monoisotopic (exact) mass is 265 g/mol. The first-order valence-electron chi connectivity index (χ1n) is 5.04. The summed E-state index contributed by atoms with van der Waals surface area (Å²) in [4.78, 5) is 16.0. The lowest BCUT2D eigenvalue weighted by Crippen LogP contribution is -1.99. The predicted octanol–water partition coefficient (Wildman–Crippen LogP) is 3.23. The summed E-state index contributed by atoms with van der Waals surface area (Å²) in [6.45, 7) is 1.97. The number of aryl methyl sites for hydroxylation is 1. The zero-order valence-corrected chi connectivity index (χ0v) is 10.8. The summed E-state index contributed by atoms with van der Waals surface area (Å²) >= 11 is 3.21. The summed E-state index contributed by atoms with van der Waals surface area (Å²) in [6.07, 6.45) is 0.0707. The third kappa shape index (κ3) is 3.57. The van der Waals surface area contributed by atoms with Crippen LogP contribution in [0.2, 0.25) is 0 Å². The topological polar surface area (TPSA) is 50.2 Å². The van der Waals surface area contributed by atoms with Gasteiger partial charge in [-0.15, -0.1) is 11.3 Å². The Kier molecular flexibility index (Phi) is 3.81. The first-order valence-corrected chi connectivity index (χ1v) is 6.74. The molecule has 0 spiro atoms. The number of hydrogen-bond acceptors (Lipinski definition) is 4. The molecule has 0 saturated carbocycles. The van der Waals surface area contributed by atoms with Crippen molar-refractivity contribution in [2.45, 2.75) is 22.6 Å². The van der Waals surface area contributed by atoms with Gasteiger partial charge in [-0.2, -0.15) is 0 Å². The lowest BCUT2D eigenvalue weighted by molar-refractivity contribution is -0.136. The minimum atomic E-state index is -0.805. The molecule has 5 heteroatoms. The van der Waals surface area contributed by atoms with E-state index < -0.39 is 5.97 Å². The van der Waals surface area contributed by atoms with Gasteiger partial charge in [0, 0.05) is 16.0 Å². The van der Waals surface area contributed by atoms with Crippen LogP contribution in [0.3, 0.4) is 0 Å². The van der Waals surface area contributed by atoms with E-state index in [1.165, 1.54) is 0 Å². The number of benzene rings is 1. The average molecular weight is 265 g/mol. The summed E-state index contributed by atoms with van der Waals surface area (Å²) in [5.74, 6) is -0.805. The van der Waals surface area contributed by atoms with Gasteiger partial charge < -0.3 is 5.11 Å². The Morgan fingerprint density at radius 3 is 2.65 bits per heavy atom. The molecule has 0 aliphatic rings. The molecule has 3 nitrogen and oxygen atoms in total. The summed E-state index contributed by atoms with van der Waals surface area (Å²) in [6, 6.07) is 7.55. The lowest BCUT2D eigenvalue weighted by atomic mass is 10.2. The summed E-state index contributed by atoms with van der Waals surface area (Å²) in [5, 5.41) is 10.7. The molecule has 1 heterocycles. The average Bonchev–Trinajstić information content (AvgIpc) is 2.66. The maximum absolute atomic E-state index is 10.5. The zero-order chi connectivity index (χ0) is 12.3. The zero-order valence-electron chi connectivity index (χ0n) is 9.21. The van der Waals surface area contributed by atoms with Gasteiger partial charge in [-0.3, -0.25) is 4.79 Å². The number of thiazole rings is 1. The molecule has 17 heavy (non-hydrogen) atoms. The van der Waals surface area contributed by atoms with Crippen LogP contribution in [0.15, 0.2) is 38.9 Å². The van der Waals surface area contributed by atoms with Gasteiger partial charge >= 0.3 is 5.97 Å². The largest absolute Gasteiger partial charge is 0.481 e. The van der Waals surface area contributed by atoms with Gasteiger partial charge in [0.2, 0.25) is 0 Å². The van der Waals surface area contributed by atoms with Crippen LogP contribution in [-0.2, 0) is 11.2 Å². The maximum Gasteiger partial charge on any atom is 0.307 e. The highest BCUT2D eigenvalue weighted by Crippen LogP contribution is 2.30. The number of carbonyl (C=O) groups is 1. The first-order chi connectivity index (χ1) is 8.13. The molecule has 1 N–H and O–H groups in total. The van der Waals surface area contributed by atoms with Gasteiger partial charge in [0.05, 0.1) is 6.42 Å². The summed E-state index contributed by atoms with van der Waals surface area (Å²) in [5.41, 5.74) is 1.84. The van der Waals surface area contributed by atoms with Gasteiger partial charge in [-0.05, 0) is 24.6 Å². The van der Waals surface area contributed by atoms with E-state index in [0.29, 0.717) is 0 Å². The Labute approximate surface area is 108 Å². The van der Waals surface area contributed by atoms with Crippen LogP contribution in [0.25, 0.3) is 0 Å². The Morgan fingerprint density at radius 2 is 2.12 bits per heavy atom. The van der Waals surface area contributed by atoms with Crippen molar-refractivity contribution in [3.8, 4) is 0 Å². The van der Waals surface area contributed by atoms with E-state index in [1.54, 1.807) is 23.1 Å². The van der Waals surface area contributed by atoms with Crippen molar-refractivity contribution in [3.05, 3.63) is 40.9 Å². The van der Waals surface area contributed by atoms with Crippen LogP contribution in [-0.4, -0.2) is 16.1 Å². The third-order valence-corrected chi connectivity index (χ3v) is 4.15. The van der Waals surface area contributed by atoms with Crippen LogP contribution in [0.5, 0.6) is 0 Å². The van der Waals surface area contributed by atoms with Crippen LogP contribution in [0.1, 0.15) is 11.3 Å². The molecule has 0 amide bonds. The predicted molar refractivity (Wildman–Crippen MR) is 68.8 cm³/mol. The van der Waals surface area contributed by atoms with Gasteiger partial charge in [-0.25, -0.2) is 4.98 Å². The highest BCUT2D eigenvalue weighted by atomic mass is 32.2. The lowest BCUT2D eigenvalue weighted by Gasteiger charge is -2.00. The Hall–Kier alpha value is -1.33. The van der Waals surface area contributed by atoms with Crippen molar-refractivity contribution < 1.29 is 9.90 Å². The Balaban J connectivity index is 2.05. The molecule has 0 bridgehead atoms. The molecular weight excluding hydrogens is 254 g/mol. The van der Waals surface area contributed by atoms with Crippen LogP contribution in [0.4, 0.5) is 0 Å². The molecular formula is C12H11NO2S2. The van der Waals surface area contributed by atoms with E-state index in [9.17, 15) is 4.79 Å². The number of carboxylic acid groups (broad SMARTS) is 1. The quantitative estimate of drug-likeness (QED) is 0.922. The van der Waals surface area contributed by atoms with Gasteiger partial charge in [0.15, 0.2) is 4.34 Å². The Bertz CT molecular complexity index is 520. The van der Waals surface area contributed by atoms with Crippen molar-refractivity contribution in [1.29, 1.82) is 0 Å². The number of hydrogen-bond donors (Lipinski definition) is 1. The molecule has 0 fully saturated rings. The van der Waals surface area contributed by atoms with Gasteiger partial charge in [0.1, 0.15) is 0 Å². The normalized spacial score (nSPS) is 10.4. The highest BCUT2D eigenvalue weighted by Gasteiger charge is 2.03. The second-order valence-electron chi connectivity index (χ2n) is 3.57. The maximum atomic E-state index is 10.5. The fraction of sp³-hybridized carbons (Fsp3) is 0.167. The number of aliphatic carboxylic acids is 1. The standard InChI is InChI=1S/C12H11NO2S2/c1-8-7-16-12(13-8)17-10-4-2-9(3-5-10)6-11(14)15/h2-5,7H,6H2,1H3,(H,14,15). The molecule has 0 radical (unpaired) electrons. The Morgan fingerprint density at radius 1 is 1.41 bits per heavy atom. The van der Waals surface area contributed by atoms with E-state index in [2.05, 4.69) is 4.98 Å². The van der Waals surface area contributed by atoms with Crippen LogP contribution < -0.4 is 0 Å². The minimum Gasteiger partial charge on any atom is -0.481 e. The molecule has 2 aromatic rings. The van der Waals surface area contributed by atoms with Gasteiger partial charge in [0.25, 0.3) is 0 Å². The molecule has 0 atom stereocenters. The van der Waals surface area contributed by atoms with E-state index in [0.717, 1.165) is 20.5 Å². The number of carboxylic acids is 1. The molecule has 88 valence electrons. The molecule has 0 saturated heterocycles. The van der Waals surface area contributed by atoms with Crippen LogP contribution >= 0.6 is 23.1 Å². The third-order valence-electron chi connectivity index (χ3n) is 2.08. The molecule has 0 unspecified atom stereocenters. The minimum absolute atomic E-state index is 0.0707. The van der Waals surface area contributed by atoms with Crippen molar-refractivity contribution in [3.63, 3.8) is 0 Å². The number of aromatic nitrogens is 1. The van der Waals surface area contributed by atoms with Crippen molar-refractivity contribution in [2.75, 3.05) is 0 Å². The SMILES string of the molecule is Cc1csc(Sc2ccc(CC(=O)O)cc2)n1. The fourth-order valence-electron chi connectivity index (χ4n) is 1.33. The highest BCUT2D eigenvalue weighted by molar-refractivity contribution is 8.01. The van der Waals surface area contributed by atoms with E-state index >= 15 is 0 Å². The molecule has 1 aromatic carbocycles. The first kappa shape index (κ1) is 12.1. The second-order valence-corrected chi connectivity index (χ2v) is 5.75. The second kappa shape index (κ2) is 5.33. The molecule has 0 aliphatic carbocycles. The van der Waals surface area contributed by atoms with Gasteiger partial charge in [-0.1, -0.05) is 23.9 Å². The molecule has 0 aliphatic heterocycles. The molecule has 1 aromatic heterocycles. The van der Waals surface area contributed by atoms with E-state index in [-0.39, 0.29) is 6.42 Å². The van der Waals surface area contributed by atoms with E-state index in [4.69, 9.17) is 5.11 Å². The van der Waals surface area contributed by atoms with Crippen LogP contribution in [0, 0.1) is 6.92 Å². The number of rotatable bonds is 4. The summed E-state index contributed by atoms with van der Waals surface area (Å²) in [7, 11) is 0. The van der Waals surface area contributed by atoms with Crippen molar-refractivity contribution >= 4 is 29.1 Å². The fourth-order valence-corrected chi connectivity index (χ4v) is 3.14. The smallest absolute Gasteiger partial charge is 0.307 e. The summed E-state index contributed by atoms with van der Waals surface area (Å²) < 4.78 is 1.01. The van der Waals surface area contributed by atoms with E-state index in [1.807, 2.05) is 36.6 Å². The van der Waals surface area contributed by atoms with Crippen molar-refractivity contribution in [1.82, 2.24) is 4.98 Å². The molecule has 2 rings (SSSR count). The number of nitrogens with zero attached hydrogens (tertiary/aromatic N) is 1. The van der Waals surface area contributed by atoms with Crippen molar-refractivity contribution in [2.24, 2.45) is 0 Å².